The van der Waals surface area contributed by atoms with E-state index in [0.717, 1.165) is 29.5 Å². The van der Waals surface area contributed by atoms with Gasteiger partial charge in [0.05, 0.1) is 11.4 Å². The monoisotopic (exact) mass is 260 g/mol. The molecule has 0 saturated carbocycles. The summed E-state index contributed by atoms with van der Waals surface area (Å²) in [6, 6.07) is 15.9. The fraction of sp³-hybridized carbons (Fsp3) is 0.200. The van der Waals surface area contributed by atoms with Crippen LogP contribution in [0.2, 0.25) is 5.02 Å². The lowest BCUT2D eigenvalue weighted by Gasteiger charge is -2.24. The standard InChI is InChI=1S/C15H17ClN2/c1-2-18(15-6-4-3-5-14(15)17)11-12-7-9-13(16)10-8-12/h3-10H,2,11,17H2,1H3. The largest absolute Gasteiger partial charge is 0.397 e. The molecule has 2 aromatic carbocycles. The number of hydrogen-bond donors (Lipinski definition) is 1. The summed E-state index contributed by atoms with van der Waals surface area (Å²) in [5.74, 6) is 0. The summed E-state index contributed by atoms with van der Waals surface area (Å²) < 4.78 is 0. The van der Waals surface area contributed by atoms with Crippen LogP contribution in [0.5, 0.6) is 0 Å². The zero-order valence-electron chi connectivity index (χ0n) is 10.4. The lowest BCUT2D eigenvalue weighted by atomic mass is 10.2. The lowest BCUT2D eigenvalue weighted by molar-refractivity contribution is 0.833. The highest BCUT2D eigenvalue weighted by Crippen LogP contribution is 2.24. The number of anilines is 2. The minimum Gasteiger partial charge on any atom is -0.397 e. The topological polar surface area (TPSA) is 29.3 Å². The number of benzene rings is 2. The van der Waals surface area contributed by atoms with Crippen LogP contribution in [0, 0.1) is 0 Å². The number of para-hydroxylation sites is 2. The molecule has 94 valence electrons. The van der Waals surface area contributed by atoms with Crippen molar-refractivity contribution in [2.24, 2.45) is 0 Å². The first-order valence-electron chi connectivity index (χ1n) is 6.04. The van der Waals surface area contributed by atoms with E-state index < -0.39 is 0 Å². The van der Waals surface area contributed by atoms with E-state index in [4.69, 9.17) is 17.3 Å². The molecule has 0 radical (unpaired) electrons. The summed E-state index contributed by atoms with van der Waals surface area (Å²) in [5, 5.41) is 0.765. The summed E-state index contributed by atoms with van der Waals surface area (Å²) in [6.07, 6.45) is 0. The molecule has 2 rings (SSSR count). The maximum absolute atomic E-state index is 6.01. The Morgan fingerprint density at radius 3 is 2.33 bits per heavy atom. The van der Waals surface area contributed by atoms with Crippen molar-refractivity contribution < 1.29 is 0 Å². The molecule has 0 aliphatic heterocycles. The van der Waals surface area contributed by atoms with Crippen LogP contribution >= 0.6 is 11.6 Å². The fourth-order valence-corrected chi connectivity index (χ4v) is 2.08. The van der Waals surface area contributed by atoms with E-state index in [1.807, 2.05) is 42.5 Å². The Kier molecular flexibility index (Phi) is 4.11. The van der Waals surface area contributed by atoms with E-state index in [9.17, 15) is 0 Å². The van der Waals surface area contributed by atoms with E-state index >= 15 is 0 Å². The summed E-state index contributed by atoms with van der Waals surface area (Å²) in [4.78, 5) is 2.25. The van der Waals surface area contributed by atoms with Crippen molar-refractivity contribution in [3.05, 3.63) is 59.1 Å². The molecule has 2 nitrogen and oxygen atoms in total. The van der Waals surface area contributed by atoms with Crippen molar-refractivity contribution in [3.63, 3.8) is 0 Å². The van der Waals surface area contributed by atoms with E-state index in [-0.39, 0.29) is 0 Å². The molecule has 3 heteroatoms. The van der Waals surface area contributed by atoms with E-state index in [1.165, 1.54) is 5.56 Å². The van der Waals surface area contributed by atoms with Crippen LogP contribution in [0.1, 0.15) is 12.5 Å². The normalized spacial score (nSPS) is 10.3. The molecular formula is C15H17ClN2. The summed E-state index contributed by atoms with van der Waals surface area (Å²) >= 11 is 5.89. The number of nitrogens with zero attached hydrogens (tertiary/aromatic N) is 1. The van der Waals surface area contributed by atoms with Crippen LogP contribution in [-0.2, 0) is 6.54 Å². The molecule has 0 saturated heterocycles. The minimum absolute atomic E-state index is 0.765. The third-order valence-electron chi connectivity index (χ3n) is 2.95. The van der Waals surface area contributed by atoms with Gasteiger partial charge in [-0.05, 0) is 36.8 Å². The minimum atomic E-state index is 0.765. The SMILES string of the molecule is CCN(Cc1ccc(Cl)cc1)c1ccccc1N. The van der Waals surface area contributed by atoms with Crippen molar-refractivity contribution in [2.75, 3.05) is 17.2 Å². The Morgan fingerprint density at radius 1 is 1.06 bits per heavy atom. The van der Waals surface area contributed by atoms with Gasteiger partial charge in [-0.3, -0.25) is 0 Å². The van der Waals surface area contributed by atoms with Crippen LogP contribution in [-0.4, -0.2) is 6.54 Å². The van der Waals surface area contributed by atoms with Crippen molar-refractivity contribution in [3.8, 4) is 0 Å². The molecule has 0 fully saturated rings. The number of nitrogen functional groups attached to an aromatic ring is 1. The molecule has 0 heterocycles. The molecule has 2 N–H and O–H groups in total. The second-order valence-corrected chi connectivity index (χ2v) is 4.64. The van der Waals surface area contributed by atoms with Gasteiger partial charge in [-0.15, -0.1) is 0 Å². The van der Waals surface area contributed by atoms with E-state index in [2.05, 4.69) is 17.9 Å². The maximum atomic E-state index is 6.01. The van der Waals surface area contributed by atoms with Gasteiger partial charge in [0.2, 0.25) is 0 Å². The Hall–Kier alpha value is -1.67. The molecule has 18 heavy (non-hydrogen) atoms. The van der Waals surface area contributed by atoms with Gasteiger partial charge in [0.1, 0.15) is 0 Å². The van der Waals surface area contributed by atoms with Gasteiger partial charge < -0.3 is 10.6 Å². The first-order chi connectivity index (χ1) is 8.70. The zero-order valence-corrected chi connectivity index (χ0v) is 11.2. The van der Waals surface area contributed by atoms with Crippen molar-refractivity contribution in [2.45, 2.75) is 13.5 Å². The first-order valence-corrected chi connectivity index (χ1v) is 6.42. The molecule has 0 bridgehead atoms. The molecular weight excluding hydrogens is 244 g/mol. The molecule has 0 atom stereocenters. The Labute approximate surface area is 113 Å². The van der Waals surface area contributed by atoms with E-state index in [1.54, 1.807) is 0 Å². The van der Waals surface area contributed by atoms with Gasteiger partial charge in [0.15, 0.2) is 0 Å². The molecule has 0 spiro atoms. The maximum Gasteiger partial charge on any atom is 0.0602 e. The molecule has 2 aromatic rings. The van der Waals surface area contributed by atoms with E-state index in [0.29, 0.717) is 0 Å². The third-order valence-corrected chi connectivity index (χ3v) is 3.20. The molecule has 0 unspecified atom stereocenters. The van der Waals surface area contributed by atoms with Crippen molar-refractivity contribution in [1.82, 2.24) is 0 Å². The average molecular weight is 261 g/mol. The van der Waals surface area contributed by atoms with Gasteiger partial charge in [0, 0.05) is 18.1 Å². The van der Waals surface area contributed by atoms with Crippen LogP contribution in [0.15, 0.2) is 48.5 Å². The number of rotatable bonds is 4. The average Bonchev–Trinajstić information content (AvgIpc) is 2.39. The third kappa shape index (κ3) is 2.96. The Bertz CT molecular complexity index is 508. The zero-order chi connectivity index (χ0) is 13.0. The van der Waals surface area contributed by atoms with Crippen molar-refractivity contribution in [1.29, 1.82) is 0 Å². The predicted octanol–water partition coefficient (Wildman–Crippen LogP) is 3.95. The smallest absolute Gasteiger partial charge is 0.0602 e. The predicted molar refractivity (Wildman–Crippen MR) is 79.0 cm³/mol. The van der Waals surface area contributed by atoms with Gasteiger partial charge in [0.25, 0.3) is 0 Å². The fourth-order valence-electron chi connectivity index (χ4n) is 1.95. The second-order valence-electron chi connectivity index (χ2n) is 4.20. The quantitative estimate of drug-likeness (QED) is 0.844. The molecule has 0 aliphatic rings. The molecule has 0 amide bonds. The number of hydrogen-bond acceptors (Lipinski definition) is 2. The summed E-state index contributed by atoms with van der Waals surface area (Å²) in [7, 11) is 0. The van der Waals surface area contributed by atoms with Crippen LogP contribution < -0.4 is 10.6 Å². The molecule has 0 aromatic heterocycles. The summed E-state index contributed by atoms with van der Waals surface area (Å²) in [5.41, 5.74) is 9.13. The highest BCUT2D eigenvalue weighted by molar-refractivity contribution is 6.30. The lowest BCUT2D eigenvalue weighted by Crippen LogP contribution is -2.22. The van der Waals surface area contributed by atoms with Gasteiger partial charge in [-0.1, -0.05) is 35.9 Å². The van der Waals surface area contributed by atoms with Crippen LogP contribution in [0.25, 0.3) is 0 Å². The highest BCUT2D eigenvalue weighted by Gasteiger charge is 2.07. The Morgan fingerprint density at radius 2 is 1.72 bits per heavy atom. The van der Waals surface area contributed by atoms with Crippen LogP contribution in [0.4, 0.5) is 11.4 Å². The van der Waals surface area contributed by atoms with Crippen LogP contribution in [0.3, 0.4) is 0 Å². The van der Waals surface area contributed by atoms with Gasteiger partial charge in [-0.2, -0.15) is 0 Å². The first kappa shape index (κ1) is 12.8. The Balaban J connectivity index is 2.20. The number of nitrogens with two attached hydrogens (primary N) is 1. The van der Waals surface area contributed by atoms with Crippen molar-refractivity contribution >= 4 is 23.0 Å². The van der Waals surface area contributed by atoms with Gasteiger partial charge in [-0.25, -0.2) is 0 Å². The number of halogens is 1. The van der Waals surface area contributed by atoms with Gasteiger partial charge >= 0.3 is 0 Å². The second kappa shape index (κ2) is 5.78. The molecule has 0 aliphatic carbocycles. The summed E-state index contributed by atoms with van der Waals surface area (Å²) in [6.45, 7) is 3.88. The highest BCUT2D eigenvalue weighted by atomic mass is 35.5.